The third-order valence-corrected chi connectivity index (χ3v) is 3.41. The molecular formula is C11H9BrN4OS. The summed E-state index contributed by atoms with van der Waals surface area (Å²) in [5.74, 6) is -0.0565. The van der Waals surface area contributed by atoms with Crippen LogP contribution in [0.15, 0.2) is 45.4 Å². The number of halogens is 1. The van der Waals surface area contributed by atoms with E-state index in [-0.39, 0.29) is 5.78 Å². The summed E-state index contributed by atoms with van der Waals surface area (Å²) < 4.78 is 2.42. The first-order chi connectivity index (χ1) is 8.66. The highest BCUT2D eigenvalue weighted by molar-refractivity contribution is 9.10. The molecule has 0 amide bonds. The molecule has 92 valence electrons. The second kappa shape index (κ2) is 5.92. The lowest BCUT2D eigenvalue weighted by Crippen LogP contribution is -1.94. The van der Waals surface area contributed by atoms with Crippen LogP contribution in [0.4, 0.5) is 0 Å². The summed E-state index contributed by atoms with van der Waals surface area (Å²) in [4.78, 5) is 11.8. The first-order valence-electron chi connectivity index (χ1n) is 5.02. The van der Waals surface area contributed by atoms with Crippen LogP contribution in [0.2, 0.25) is 0 Å². The first kappa shape index (κ1) is 13.0. The van der Waals surface area contributed by atoms with E-state index in [1.165, 1.54) is 17.8 Å². The molecule has 0 unspecified atom stereocenters. The molecule has 0 N–H and O–H groups in total. The van der Waals surface area contributed by atoms with Gasteiger partial charge in [-0.05, 0) is 34.0 Å². The van der Waals surface area contributed by atoms with Gasteiger partial charge in [-0.3, -0.25) is 4.79 Å². The van der Waals surface area contributed by atoms with Gasteiger partial charge in [0.05, 0.1) is 0 Å². The standard InChI is InChI=1S/C11H9BrN4OS/c1-16-11(13-14-15-16)18-6-5-10(17)8-3-2-4-9(12)7-8/h2-7H,1H3/b6-5-. The van der Waals surface area contributed by atoms with Crippen molar-refractivity contribution in [2.24, 2.45) is 7.05 Å². The van der Waals surface area contributed by atoms with E-state index in [2.05, 4.69) is 31.5 Å². The van der Waals surface area contributed by atoms with Gasteiger partial charge in [0.2, 0.25) is 5.16 Å². The van der Waals surface area contributed by atoms with E-state index < -0.39 is 0 Å². The molecule has 2 aromatic rings. The second-order valence-corrected chi connectivity index (χ2v) is 5.17. The van der Waals surface area contributed by atoms with Gasteiger partial charge in [-0.2, -0.15) is 0 Å². The van der Waals surface area contributed by atoms with Gasteiger partial charge in [-0.1, -0.05) is 39.8 Å². The number of benzene rings is 1. The van der Waals surface area contributed by atoms with E-state index in [9.17, 15) is 4.79 Å². The highest BCUT2D eigenvalue weighted by atomic mass is 79.9. The van der Waals surface area contributed by atoms with E-state index in [4.69, 9.17) is 0 Å². The van der Waals surface area contributed by atoms with Gasteiger partial charge in [-0.25, -0.2) is 4.68 Å². The van der Waals surface area contributed by atoms with Gasteiger partial charge < -0.3 is 0 Å². The average molecular weight is 325 g/mol. The van der Waals surface area contributed by atoms with E-state index in [1.807, 2.05) is 12.1 Å². The number of tetrazole rings is 1. The summed E-state index contributed by atoms with van der Waals surface area (Å²) in [6, 6.07) is 7.25. The van der Waals surface area contributed by atoms with Crippen LogP contribution in [-0.4, -0.2) is 26.0 Å². The molecule has 18 heavy (non-hydrogen) atoms. The predicted octanol–water partition coefficient (Wildman–Crippen LogP) is 2.46. The van der Waals surface area contributed by atoms with E-state index in [0.717, 1.165) is 4.47 Å². The number of hydrogen-bond acceptors (Lipinski definition) is 5. The van der Waals surface area contributed by atoms with Gasteiger partial charge >= 0.3 is 0 Å². The number of allylic oxidation sites excluding steroid dienone is 1. The van der Waals surface area contributed by atoms with Crippen LogP contribution < -0.4 is 0 Å². The maximum Gasteiger partial charge on any atom is 0.213 e. The summed E-state index contributed by atoms with van der Waals surface area (Å²) >= 11 is 4.62. The van der Waals surface area contributed by atoms with Crippen LogP contribution in [0.25, 0.3) is 0 Å². The van der Waals surface area contributed by atoms with E-state index in [1.54, 1.807) is 29.3 Å². The van der Waals surface area contributed by atoms with Crippen molar-refractivity contribution in [1.82, 2.24) is 20.2 Å². The molecule has 1 aromatic heterocycles. The molecular weight excluding hydrogens is 316 g/mol. The molecule has 0 saturated heterocycles. The maximum absolute atomic E-state index is 11.8. The van der Waals surface area contributed by atoms with Crippen molar-refractivity contribution in [3.63, 3.8) is 0 Å². The van der Waals surface area contributed by atoms with Crippen LogP contribution in [0.5, 0.6) is 0 Å². The van der Waals surface area contributed by atoms with Gasteiger partial charge in [0.15, 0.2) is 5.78 Å². The molecule has 1 heterocycles. The predicted molar refractivity (Wildman–Crippen MR) is 72.3 cm³/mol. The summed E-state index contributed by atoms with van der Waals surface area (Å²) in [6.07, 6.45) is 1.50. The highest BCUT2D eigenvalue weighted by Crippen LogP contribution is 2.16. The summed E-state index contributed by atoms with van der Waals surface area (Å²) in [5, 5.41) is 13.3. The van der Waals surface area contributed by atoms with Gasteiger partial charge in [0, 0.05) is 17.1 Å². The lowest BCUT2D eigenvalue weighted by molar-refractivity contribution is 0.104. The number of thioether (sulfide) groups is 1. The van der Waals surface area contributed by atoms with Crippen LogP contribution in [0.1, 0.15) is 10.4 Å². The van der Waals surface area contributed by atoms with Crippen molar-refractivity contribution in [1.29, 1.82) is 0 Å². The zero-order valence-electron chi connectivity index (χ0n) is 9.45. The third-order valence-electron chi connectivity index (χ3n) is 2.08. The molecule has 0 bridgehead atoms. The monoisotopic (exact) mass is 324 g/mol. The molecule has 2 rings (SSSR count). The van der Waals surface area contributed by atoms with Crippen molar-refractivity contribution in [3.8, 4) is 0 Å². The molecule has 0 fully saturated rings. The van der Waals surface area contributed by atoms with Crippen molar-refractivity contribution in [2.75, 3.05) is 0 Å². The summed E-state index contributed by atoms with van der Waals surface area (Å²) in [7, 11) is 1.74. The number of rotatable bonds is 4. The minimum Gasteiger partial charge on any atom is -0.289 e. The van der Waals surface area contributed by atoms with Gasteiger partial charge in [-0.15, -0.1) is 5.10 Å². The Kier molecular flexibility index (Phi) is 4.27. The molecule has 7 heteroatoms. The first-order valence-corrected chi connectivity index (χ1v) is 6.69. The Morgan fingerprint density at radius 3 is 3.00 bits per heavy atom. The normalized spacial score (nSPS) is 11.0. The number of carbonyl (C=O) groups excluding carboxylic acids is 1. The number of aryl methyl sites for hydroxylation is 1. The Balaban J connectivity index is 2.02. The number of carbonyl (C=O) groups is 1. The number of nitrogens with zero attached hydrogens (tertiary/aromatic N) is 4. The molecule has 0 saturated carbocycles. The Bertz CT molecular complexity index is 596. The Labute approximate surface area is 116 Å². The molecule has 0 aliphatic rings. The molecule has 0 aliphatic carbocycles. The second-order valence-electron chi connectivity index (χ2n) is 3.38. The Hall–Kier alpha value is -1.47. The minimum absolute atomic E-state index is 0.0565. The van der Waals surface area contributed by atoms with Crippen LogP contribution in [0.3, 0.4) is 0 Å². The van der Waals surface area contributed by atoms with Crippen molar-refractivity contribution in [3.05, 3.63) is 45.8 Å². The van der Waals surface area contributed by atoms with E-state index in [0.29, 0.717) is 10.7 Å². The Morgan fingerprint density at radius 1 is 1.50 bits per heavy atom. The van der Waals surface area contributed by atoms with Crippen molar-refractivity contribution >= 4 is 33.5 Å². The van der Waals surface area contributed by atoms with Crippen molar-refractivity contribution < 1.29 is 4.79 Å². The van der Waals surface area contributed by atoms with E-state index >= 15 is 0 Å². The largest absolute Gasteiger partial charge is 0.289 e. The van der Waals surface area contributed by atoms with Gasteiger partial charge in [0.25, 0.3) is 0 Å². The molecule has 0 spiro atoms. The summed E-state index contributed by atoms with van der Waals surface area (Å²) in [5.41, 5.74) is 0.636. The Morgan fingerprint density at radius 2 is 2.33 bits per heavy atom. The quantitative estimate of drug-likeness (QED) is 0.491. The fourth-order valence-corrected chi connectivity index (χ4v) is 2.20. The fourth-order valence-electron chi connectivity index (χ4n) is 1.22. The zero-order chi connectivity index (χ0) is 13.0. The third kappa shape index (κ3) is 3.27. The molecule has 0 radical (unpaired) electrons. The molecule has 1 aromatic carbocycles. The smallest absolute Gasteiger partial charge is 0.213 e. The minimum atomic E-state index is -0.0565. The highest BCUT2D eigenvalue weighted by Gasteiger charge is 2.03. The number of ketones is 1. The van der Waals surface area contributed by atoms with Crippen LogP contribution in [0, 0.1) is 0 Å². The van der Waals surface area contributed by atoms with Gasteiger partial charge in [0.1, 0.15) is 0 Å². The SMILES string of the molecule is Cn1nnnc1S/C=C\C(=O)c1cccc(Br)c1. The van der Waals surface area contributed by atoms with Crippen molar-refractivity contribution in [2.45, 2.75) is 5.16 Å². The lowest BCUT2D eigenvalue weighted by Gasteiger charge is -1.96. The number of hydrogen-bond donors (Lipinski definition) is 0. The molecule has 0 aliphatic heterocycles. The lowest BCUT2D eigenvalue weighted by atomic mass is 10.1. The molecule has 0 atom stereocenters. The maximum atomic E-state index is 11.8. The number of aromatic nitrogens is 4. The zero-order valence-corrected chi connectivity index (χ0v) is 11.8. The topological polar surface area (TPSA) is 60.7 Å². The van der Waals surface area contributed by atoms with Crippen LogP contribution >= 0.6 is 27.7 Å². The fraction of sp³-hybridized carbons (Fsp3) is 0.0909. The average Bonchev–Trinajstić information content (AvgIpc) is 2.75. The summed E-state index contributed by atoms with van der Waals surface area (Å²) in [6.45, 7) is 0. The molecule has 5 nitrogen and oxygen atoms in total. The van der Waals surface area contributed by atoms with Crippen LogP contribution in [-0.2, 0) is 7.05 Å².